The molecule has 0 saturated carbocycles. The molecule has 0 fully saturated rings. The van der Waals surface area contributed by atoms with E-state index in [1.165, 1.54) is 0 Å². The van der Waals surface area contributed by atoms with Gasteiger partial charge < -0.3 is 19.5 Å². The van der Waals surface area contributed by atoms with E-state index < -0.39 is 29.8 Å². The van der Waals surface area contributed by atoms with Crippen LogP contribution in [0.3, 0.4) is 0 Å². The number of rotatable bonds is 5. The van der Waals surface area contributed by atoms with E-state index in [0.29, 0.717) is 23.5 Å². The van der Waals surface area contributed by atoms with Gasteiger partial charge in [0.1, 0.15) is 23.3 Å². The molecule has 41 heavy (non-hydrogen) atoms. The van der Waals surface area contributed by atoms with E-state index in [0.717, 1.165) is 32.9 Å². The molecular formula is C30H31N3O7S. The van der Waals surface area contributed by atoms with Gasteiger partial charge in [-0.05, 0) is 43.0 Å². The molecule has 3 aromatic rings. The number of hydrogen-bond donors (Lipinski definition) is 2. The molecule has 2 aromatic carbocycles. The van der Waals surface area contributed by atoms with Crippen molar-refractivity contribution in [3.05, 3.63) is 87.3 Å². The fourth-order valence-electron chi connectivity index (χ4n) is 5.03. The molecule has 3 heterocycles. The van der Waals surface area contributed by atoms with E-state index in [2.05, 4.69) is 5.32 Å². The van der Waals surface area contributed by atoms with E-state index in [4.69, 9.17) is 9.47 Å². The lowest BCUT2D eigenvalue weighted by molar-refractivity contribution is -0.137. The van der Waals surface area contributed by atoms with Crippen molar-refractivity contribution in [3.63, 3.8) is 0 Å². The first kappa shape index (κ1) is 28.2. The molecule has 1 unspecified atom stereocenters. The van der Waals surface area contributed by atoms with Gasteiger partial charge in [-0.25, -0.2) is 14.4 Å². The molecule has 1 aromatic heterocycles. The number of ether oxygens (including phenoxy) is 2. The molecule has 2 aliphatic heterocycles. The minimum atomic E-state index is -1.24. The summed E-state index contributed by atoms with van der Waals surface area (Å²) in [6.07, 6.45) is -2.04. The van der Waals surface area contributed by atoms with Crippen molar-refractivity contribution in [1.82, 2.24) is 9.80 Å². The molecule has 0 spiro atoms. The third-order valence-corrected chi connectivity index (χ3v) is 8.03. The second-order valence-corrected chi connectivity index (χ2v) is 12.1. The Morgan fingerprint density at radius 3 is 2.22 bits per heavy atom. The highest BCUT2D eigenvalue weighted by Gasteiger charge is 2.42. The fourth-order valence-corrected chi connectivity index (χ4v) is 6.23. The number of amides is 3. The Kier molecular flexibility index (Phi) is 7.72. The Labute approximate surface area is 241 Å². The van der Waals surface area contributed by atoms with Crippen molar-refractivity contribution in [2.75, 3.05) is 5.32 Å². The summed E-state index contributed by atoms with van der Waals surface area (Å²) < 4.78 is 11.0. The van der Waals surface area contributed by atoms with Gasteiger partial charge in [0.05, 0.1) is 12.1 Å². The molecule has 10 nitrogen and oxygen atoms in total. The number of anilines is 1. The largest absolute Gasteiger partial charge is 0.465 e. The first-order valence-corrected chi connectivity index (χ1v) is 14.0. The molecule has 2 N–H and O–H groups in total. The third-order valence-electron chi connectivity index (χ3n) is 6.89. The Morgan fingerprint density at radius 2 is 1.61 bits per heavy atom. The predicted molar refractivity (Wildman–Crippen MR) is 151 cm³/mol. The van der Waals surface area contributed by atoms with Crippen molar-refractivity contribution in [1.29, 1.82) is 0 Å². The van der Waals surface area contributed by atoms with Gasteiger partial charge in [-0.3, -0.25) is 15.0 Å². The van der Waals surface area contributed by atoms with Crippen LogP contribution in [0, 0.1) is 0 Å². The van der Waals surface area contributed by atoms with Crippen molar-refractivity contribution in [2.45, 2.75) is 65.1 Å². The van der Waals surface area contributed by atoms with Crippen molar-refractivity contribution >= 4 is 40.4 Å². The second-order valence-electron chi connectivity index (χ2n) is 11.0. The van der Waals surface area contributed by atoms with Gasteiger partial charge in [0.2, 0.25) is 5.91 Å². The van der Waals surface area contributed by atoms with Crippen LogP contribution in [0.2, 0.25) is 0 Å². The van der Waals surface area contributed by atoms with Crippen LogP contribution < -0.4 is 5.32 Å². The van der Waals surface area contributed by atoms with Gasteiger partial charge in [0.25, 0.3) is 0 Å². The minimum absolute atomic E-state index is 0.0286. The third kappa shape index (κ3) is 6.19. The summed E-state index contributed by atoms with van der Waals surface area (Å²) in [6, 6.07) is 15.8. The van der Waals surface area contributed by atoms with Crippen LogP contribution in [0.4, 0.5) is 14.6 Å². The van der Waals surface area contributed by atoms with Gasteiger partial charge in [-0.15, -0.1) is 11.3 Å². The van der Waals surface area contributed by atoms with E-state index in [1.807, 2.05) is 54.6 Å². The number of carbonyl (C=O) groups is 4. The standard InChI is InChI=1S/C30H31N3O7S/c1-30(2,3)40-27(35)24-21-13-22(26(34)32-14-19-11-7-8-12-20(19)15-32)33(29(37)38)16-23(21)41-25(24)31-28(36)39-17-18-9-5-4-6-10-18/h4-12,22H,13-17H2,1-3H3,(H,31,36)(H,37,38). The summed E-state index contributed by atoms with van der Waals surface area (Å²) in [6.45, 7) is 5.88. The van der Waals surface area contributed by atoms with Crippen LogP contribution in [0.25, 0.3) is 0 Å². The zero-order chi connectivity index (χ0) is 29.3. The minimum Gasteiger partial charge on any atom is -0.465 e. The van der Waals surface area contributed by atoms with Gasteiger partial charge in [0, 0.05) is 24.4 Å². The van der Waals surface area contributed by atoms with Crippen molar-refractivity contribution in [3.8, 4) is 0 Å². The molecule has 0 aliphatic carbocycles. The molecule has 1 atom stereocenters. The van der Waals surface area contributed by atoms with Gasteiger partial charge in [-0.2, -0.15) is 0 Å². The Hall–Kier alpha value is -4.38. The number of benzene rings is 2. The van der Waals surface area contributed by atoms with E-state index >= 15 is 0 Å². The topological polar surface area (TPSA) is 125 Å². The highest BCUT2D eigenvalue weighted by Crippen LogP contribution is 2.40. The average Bonchev–Trinajstić information content (AvgIpc) is 3.51. The molecule has 11 heteroatoms. The highest BCUT2D eigenvalue weighted by molar-refractivity contribution is 7.17. The molecule has 214 valence electrons. The summed E-state index contributed by atoms with van der Waals surface area (Å²) >= 11 is 1.08. The summed E-state index contributed by atoms with van der Waals surface area (Å²) in [7, 11) is 0. The van der Waals surface area contributed by atoms with Crippen molar-refractivity contribution < 1.29 is 33.8 Å². The van der Waals surface area contributed by atoms with Gasteiger partial charge in [-0.1, -0.05) is 54.6 Å². The number of nitrogens with one attached hydrogen (secondary N) is 1. The van der Waals surface area contributed by atoms with Crippen LogP contribution in [-0.4, -0.2) is 50.6 Å². The quantitative estimate of drug-likeness (QED) is 0.389. The molecule has 2 aliphatic rings. The normalized spacial score (nSPS) is 16.0. The van der Waals surface area contributed by atoms with Crippen molar-refractivity contribution in [2.24, 2.45) is 0 Å². The molecular weight excluding hydrogens is 546 g/mol. The Balaban J connectivity index is 1.43. The molecule has 5 rings (SSSR count). The monoisotopic (exact) mass is 577 g/mol. The average molecular weight is 578 g/mol. The van der Waals surface area contributed by atoms with Crippen LogP contribution in [0.15, 0.2) is 54.6 Å². The van der Waals surface area contributed by atoms with E-state index in [9.17, 15) is 24.3 Å². The van der Waals surface area contributed by atoms with Crippen LogP contribution in [-0.2, 0) is 46.9 Å². The fraction of sp³-hybridized carbons (Fsp3) is 0.333. The van der Waals surface area contributed by atoms with Crippen LogP contribution in [0.5, 0.6) is 0 Å². The first-order chi connectivity index (χ1) is 19.5. The smallest absolute Gasteiger partial charge is 0.412 e. The second kappa shape index (κ2) is 11.2. The zero-order valence-electron chi connectivity index (χ0n) is 23.0. The zero-order valence-corrected chi connectivity index (χ0v) is 23.8. The summed E-state index contributed by atoms with van der Waals surface area (Å²) in [4.78, 5) is 55.5. The van der Waals surface area contributed by atoms with Gasteiger partial charge >= 0.3 is 18.2 Å². The molecule has 0 bridgehead atoms. The van der Waals surface area contributed by atoms with Crippen LogP contribution in [0.1, 0.15) is 58.3 Å². The predicted octanol–water partition coefficient (Wildman–Crippen LogP) is 5.40. The number of esters is 1. The van der Waals surface area contributed by atoms with Crippen LogP contribution >= 0.6 is 11.3 Å². The lowest BCUT2D eigenvalue weighted by Crippen LogP contribution is -2.52. The highest BCUT2D eigenvalue weighted by atomic mass is 32.1. The number of fused-ring (bicyclic) bond motifs is 2. The number of carbonyl (C=O) groups excluding carboxylic acids is 3. The summed E-state index contributed by atoms with van der Waals surface area (Å²) in [5.41, 5.74) is 2.62. The molecule has 0 saturated heterocycles. The Bertz CT molecular complexity index is 1470. The Morgan fingerprint density at radius 1 is 0.976 bits per heavy atom. The lowest BCUT2D eigenvalue weighted by Gasteiger charge is -2.35. The lowest BCUT2D eigenvalue weighted by atomic mass is 9.95. The maximum Gasteiger partial charge on any atom is 0.412 e. The number of nitrogens with zero attached hydrogens (tertiary/aromatic N) is 2. The van der Waals surface area contributed by atoms with E-state index in [-0.39, 0.29) is 36.0 Å². The summed E-state index contributed by atoms with van der Waals surface area (Å²) in [5.74, 6) is -1.01. The number of hydrogen-bond acceptors (Lipinski definition) is 7. The SMILES string of the molecule is CC(C)(C)OC(=O)c1c(NC(=O)OCc2ccccc2)sc2c1CC(C(=O)N1Cc3ccccc3C1)N(C(=O)O)C2. The molecule has 3 amide bonds. The number of thiophene rings is 1. The first-order valence-electron chi connectivity index (χ1n) is 13.2. The van der Waals surface area contributed by atoms with Gasteiger partial charge in [0.15, 0.2) is 0 Å². The van der Waals surface area contributed by atoms with E-state index in [1.54, 1.807) is 25.7 Å². The molecule has 0 radical (unpaired) electrons. The maximum absolute atomic E-state index is 13.7. The maximum atomic E-state index is 13.7. The summed E-state index contributed by atoms with van der Waals surface area (Å²) in [5, 5.41) is 12.9. The number of carboxylic acid groups (broad SMARTS) is 1.